The maximum Gasteiger partial charge on any atom is 0.229 e. The lowest BCUT2D eigenvalue weighted by molar-refractivity contribution is 1.07. The highest BCUT2D eigenvalue weighted by atomic mass is 79.9. The number of hydrogen-bond donors (Lipinski definition) is 2. The summed E-state index contributed by atoms with van der Waals surface area (Å²) in [6, 6.07) is 13.6. The molecule has 0 aliphatic rings. The molecule has 110 valence electrons. The van der Waals surface area contributed by atoms with Crippen LogP contribution in [0, 0.1) is 0 Å². The van der Waals surface area contributed by atoms with E-state index in [4.69, 9.17) is 0 Å². The summed E-state index contributed by atoms with van der Waals surface area (Å²) in [5.41, 5.74) is 2.04. The van der Waals surface area contributed by atoms with Crippen molar-refractivity contribution in [1.82, 2.24) is 15.0 Å². The van der Waals surface area contributed by atoms with Crippen molar-refractivity contribution >= 4 is 33.4 Å². The molecule has 2 N–H and O–H groups in total. The zero-order valence-corrected chi connectivity index (χ0v) is 13.3. The average molecular weight is 356 g/mol. The minimum atomic E-state index is 0.554. The van der Waals surface area contributed by atoms with Crippen molar-refractivity contribution in [3.8, 4) is 0 Å². The molecule has 3 rings (SSSR count). The average Bonchev–Trinajstić information content (AvgIpc) is 2.57. The van der Waals surface area contributed by atoms with Crippen LogP contribution in [0.1, 0.15) is 5.56 Å². The molecule has 6 heteroatoms. The molecule has 2 heterocycles. The first-order chi connectivity index (χ1) is 10.8. The van der Waals surface area contributed by atoms with Crippen molar-refractivity contribution in [1.29, 1.82) is 0 Å². The van der Waals surface area contributed by atoms with Crippen molar-refractivity contribution in [3.63, 3.8) is 0 Å². The standard InChI is InChI=1S/C16H14BrN5/c17-13-3-5-14(6-4-13)21-16-19-9-7-15(22-16)20-11-12-2-1-8-18-10-12/h1-10H,11H2,(H2,19,20,21,22). The second-order valence-corrected chi connectivity index (χ2v) is 5.53. The molecule has 0 unspecified atom stereocenters. The number of benzene rings is 1. The monoisotopic (exact) mass is 355 g/mol. The van der Waals surface area contributed by atoms with E-state index in [1.54, 1.807) is 12.4 Å². The first kappa shape index (κ1) is 14.5. The van der Waals surface area contributed by atoms with Gasteiger partial charge in [-0.1, -0.05) is 22.0 Å². The van der Waals surface area contributed by atoms with Crippen LogP contribution in [-0.2, 0) is 6.54 Å². The smallest absolute Gasteiger partial charge is 0.229 e. The van der Waals surface area contributed by atoms with E-state index in [1.807, 2.05) is 48.7 Å². The SMILES string of the molecule is Brc1ccc(Nc2nccc(NCc3cccnc3)n2)cc1. The van der Waals surface area contributed by atoms with E-state index >= 15 is 0 Å². The Morgan fingerprint density at radius 2 is 1.86 bits per heavy atom. The van der Waals surface area contributed by atoms with Crippen molar-refractivity contribution in [2.75, 3.05) is 10.6 Å². The second kappa shape index (κ2) is 7.00. The van der Waals surface area contributed by atoms with E-state index in [2.05, 4.69) is 41.5 Å². The number of anilines is 3. The summed E-state index contributed by atoms with van der Waals surface area (Å²) >= 11 is 3.41. The van der Waals surface area contributed by atoms with Gasteiger partial charge >= 0.3 is 0 Å². The van der Waals surface area contributed by atoms with E-state index in [-0.39, 0.29) is 0 Å². The van der Waals surface area contributed by atoms with Crippen molar-refractivity contribution in [2.45, 2.75) is 6.54 Å². The van der Waals surface area contributed by atoms with Gasteiger partial charge in [0, 0.05) is 35.3 Å². The van der Waals surface area contributed by atoms with E-state index in [1.165, 1.54) is 0 Å². The molecule has 22 heavy (non-hydrogen) atoms. The second-order valence-electron chi connectivity index (χ2n) is 4.61. The van der Waals surface area contributed by atoms with Gasteiger partial charge in [-0.3, -0.25) is 4.98 Å². The first-order valence-corrected chi connectivity index (χ1v) is 7.57. The van der Waals surface area contributed by atoms with Gasteiger partial charge in [-0.2, -0.15) is 4.98 Å². The molecule has 0 saturated heterocycles. The molecule has 0 bridgehead atoms. The normalized spacial score (nSPS) is 10.2. The molecule has 2 aromatic heterocycles. The minimum Gasteiger partial charge on any atom is -0.366 e. The maximum atomic E-state index is 4.44. The highest BCUT2D eigenvalue weighted by molar-refractivity contribution is 9.10. The van der Waals surface area contributed by atoms with Gasteiger partial charge in [0.25, 0.3) is 0 Å². The molecule has 3 aromatic rings. The van der Waals surface area contributed by atoms with Gasteiger partial charge in [0.15, 0.2) is 0 Å². The number of rotatable bonds is 5. The zero-order chi connectivity index (χ0) is 15.2. The van der Waals surface area contributed by atoms with Crippen molar-refractivity contribution < 1.29 is 0 Å². The summed E-state index contributed by atoms with van der Waals surface area (Å²) in [5.74, 6) is 1.32. The Morgan fingerprint density at radius 3 is 2.64 bits per heavy atom. The molecule has 0 aliphatic carbocycles. The lowest BCUT2D eigenvalue weighted by Gasteiger charge is -2.08. The van der Waals surface area contributed by atoms with Crippen LogP contribution in [0.4, 0.5) is 17.5 Å². The third kappa shape index (κ3) is 4.02. The van der Waals surface area contributed by atoms with Crippen LogP contribution in [0.25, 0.3) is 0 Å². The first-order valence-electron chi connectivity index (χ1n) is 6.78. The van der Waals surface area contributed by atoms with Crippen LogP contribution in [0.2, 0.25) is 0 Å². The Kier molecular flexibility index (Phi) is 4.60. The summed E-state index contributed by atoms with van der Waals surface area (Å²) in [5, 5.41) is 6.43. The number of pyridine rings is 1. The van der Waals surface area contributed by atoms with Crippen LogP contribution in [0.15, 0.2) is 65.5 Å². The van der Waals surface area contributed by atoms with Crippen LogP contribution in [0.3, 0.4) is 0 Å². The molecule has 0 fully saturated rings. The van der Waals surface area contributed by atoms with Crippen LogP contribution >= 0.6 is 15.9 Å². The number of aromatic nitrogens is 3. The van der Waals surface area contributed by atoms with Gasteiger partial charge in [0.2, 0.25) is 5.95 Å². The van der Waals surface area contributed by atoms with E-state index in [0.717, 1.165) is 21.5 Å². The Balaban J connectivity index is 1.66. The topological polar surface area (TPSA) is 62.7 Å². The summed E-state index contributed by atoms with van der Waals surface area (Å²) in [4.78, 5) is 12.8. The van der Waals surface area contributed by atoms with Crippen LogP contribution < -0.4 is 10.6 Å². The molecule has 0 amide bonds. The predicted molar refractivity (Wildman–Crippen MR) is 91.0 cm³/mol. The van der Waals surface area contributed by atoms with Crippen LogP contribution in [0.5, 0.6) is 0 Å². The van der Waals surface area contributed by atoms with E-state index < -0.39 is 0 Å². The van der Waals surface area contributed by atoms with Gasteiger partial charge in [-0.05, 0) is 42.0 Å². The van der Waals surface area contributed by atoms with E-state index in [0.29, 0.717) is 12.5 Å². The molecule has 1 aromatic carbocycles. The molecule has 0 saturated carbocycles. The van der Waals surface area contributed by atoms with E-state index in [9.17, 15) is 0 Å². The number of halogens is 1. The molecule has 0 spiro atoms. The molecule has 5 nitrogen and oxygen atoms in total. The zero-order valence-electron chi connectivity index (χ0n) is 11.7. The Bertz CT molecular complexity index is 731. The van der Waals surface area contributed by atoms with Gasteiger partial charge < -0.3 is 10.6 Å². The summed E-state index contributed by atoms with van der Waals surface area (Å²) in [7, 11) is 0. The Labute approximate surface area is 137 Å². The highest BCUT2D eigenvalue weighted by Gasteiger charge is 2.00. The highest BCUT2D eigenvalue weighted by Crippen LogP contribution is 2.17. The van der Waals surface area contributed by atoms with Crippen molar-refractivity contribution in [3.05, 3.63) is 71.1 Å². The quantitative estimate of drug-likeness (QED) is 0.724. The van der Waals surface area contributed by atoms with Gasteiger partial charge in [0.1, 0.15) is 5.82 Å². The largest absolute Gasteiger partial charge is 0.366 e. The molecule has 0 atom stereocenters. The third-order valence-corrected chi connectivity index (χ3v) is 3.48. The van der Waals surface area contributed by atoms with Gasteiger partial charge in [0.05, 0.1) is 0 Å². The summed E-state index contributed by atoms with van der Waals surface area (Å²) < 4.78 is 1.03. The Morgan fingerprint density at radius 1 is 1.00 bits per heavy atom. The fourth-order valence-electron chi connectivity index (χ4n) is 1.88. The maximum absolute atomic E-state index is 4.44. The number of nitrogens with one attached hydrogen (secondary N) is 2. The predicted octanol–water partition coefficient (Wildman–Crippen LogP) is 3.99. The number of nitrogens with zero attached hydrogens (tertiary/aromatic N) is 3. The molecular formula is C16H14BrN5. The molecular weight excluding hydrogens is 342 g/mol. The Hall–Kier alpha value is -2.47. The minimum absolute atomic E-state index is 0.554. The lowest BCUT2D eigenvalue weighted by atomic mass is 10.3. The third-order valence-electron chi connectivity index (χ3n) is 2.95. The van der Waals surface area contributed by atoms with Crippen molar-refractivity contribution in [2.24, 2.45) is 0 Å². The fourth-order valence-corrected chi connectivity index (χ4v) is 2.14. The number of hydrogen-bond acceptors (Lipinski definition) is 5. The fraction of sp³-hybridized carbons (Fsp3) is 0.0625. The van der Waals surface area contributed by atoms with Gasteiger partial charge in [-0.15, -0.1) is 0 Å². The van der Waals surface area contributed by atoms with Gasteiger partial charge in [-0.25, -0.2) is 4.98 Å². The summed E-state index contributed by atoms with van der Waals surface area (Å²) in [6.45, 7) is 0.669. The molecule has 0 radical (unpaired) electrons. The van der Waals surface area contributed by atoms with Crippen LogP contribution in [-0.4, -0.2) is 15.0 Å². The lowest BCUT2D eigenvalue weighted by Crippen LogP contribution is -2.04. The molecule has 0 aliphatic heterocycles. The summed E-state index contributed by atoms with van der Waals surface area (Å²) in [6.07, 6.45) is 5.31.